The van der Waals surface area contributed by atoms with Crippen molar-refractivity contribution in [1.29, 1.82) is 0 Å². The van der Waals surface area contributed by atoms with Crippen molar-refractivity contribution in [1.82, 2.24) is 10.2 Å². The van der Waals surface area contributed by atoms with Crippen LogP contribution in [-0.2, 0) is 9.53 Å². The third kappa shape index (κ3) is 4.18. The summed E-state index contributed by atoms with van der Waals surface area (Å²) in [5.41, 5.74) is 0. The summed E-state index contributed by atoms with van der Waals surface area (Å²) in [6.45, 7) is 10.3. The number of nitrogens with zero attached hydrogens (tertiary/aromatic N) is 1. The van der Waals surface area contributed by atoms with Gasteiger partial charge in [-0.3, -0.25) is 9.69 Å². The van der Waals surface area contributed by atoms with E-state index in [4.69, 9.17) is 4.74 Å². The van der Waals surface area contributed by atoms with Crippen molar-refractivity contribution < 1.29 is 9.53 Å². The first kappa shape index (κ1) is 12.5. The van der Waals surface area contributed by atoms with Crippen molar-refractivity contribution in [3.63, 3.8) is 0 Å². The third-order valence-electron chi connectivity index (χ3n) is 2.67. The second-order valence-corrected chi connectivity index (χ2v) is 4.27. The van der Waals surface area contributed by atoms with Gasteiger partial charge in [-0.25, -0.2) is 0 Å². The zero-order valence-corrected chi connectivity index (χ0v) is 9.95. The Labute approximate surface area is 92.0 Å². The van der Waals surface area contributed by atoms with Gasteiger partial charge in [0.15, 0.2) is 0 Å². The highest BCUT2D eigenvalue weighted by Crippen LogP contribution is 2.05. The fraction of sp³-hybridized carbons (Fsp3) is 0.909. The van der Waals surface area contributed by atoms with Gasteiger partial charge in [-0.15, -0.1) is 0 Å². The monoisotopic (exact) mass is 214 g/mol. The van der Waals surface area contributed by atoms with Gasteiger partial charge in [0.05, 0.1) is 12.5 Å². The van der Waals surface area contributed by atoms with E-state index in [9.17, 15) is 4.79 Å². The summed E-state index contributed by atoms with van der Waals surface area (Å²) in [6.07, 6.45) is 0. The number of nitrogens with one attached hydrogen (secondary N) is 1. The Bertz CT molecular complexity index is 209. The molecule has 0 aliphatic carbocycles. The van der Waals surface area contributed by atoms with E-state index in [1.54, 1.807) is 0 Å². The number of ether oxygens (including phenoxy) is 1. The van der Waals surface area contributed by atoms with Crippen LogP contribution in [0.3, 0.4) is 0 Å². The van der Waals surface area contributed by atoms with Crippen LogP contribution < -0.4 is 5.32 Å². The van der Waals surface area contributed by atoms with E-state index < -0.39 is 0 Å². The zero-order valence-electron chi connectivity index (χ0n) is 9.95. The van der Waals surface area contributed by atoms with Gasteiger partial charge in [0.25, 0.3) is 0 Å². The molecule has 1 heterocycles. The van der Waals surface area contributed by atoms with E-state index >= 15 is 0 Å². The maximum atomic E-state index is 11.4. The number of carbonyl (C=O) groups excluding carboxylic acids is 1. The topological polar surface area (TPSA) is 41.6 Å². The molecule has 4 heteroatoms. The average molecular weight is 214 g/mol. The Balaban J connectivity index is 2.30. The molecule has 88 valence electrons. The lowest BCUT2D eigenvalue weighted by atomic mass is 10.1. The quantitative estimate of drug-likeness (QED) is 0.691. The van der Waals surface area contributed by atoms with E-state index in [1.807, 2.05) is 13.8 Å². The highest BCUT2D eigenvalue weighted by Gasteiger charge is 2.21. The lowest BCUT2D eigenvalue weighted by molar-refractivity contribution is -0.148. The summed E-state index contributed by atoms with van der Waals surface area (Å²) < 4.78 is 4.99. The van der Waals surface area contributed by atoms with Crippen LogP contribution in [0.25, 0.3) is 0 Å². The summed E-state index contributed by atoms with van der Waals surface area (Å²) in [4.78, 5) is 13.8. The second kappa shape index (κ2) is 6.08. The number of piperazine rings is 1. The van der Waals surface area contributed by atoms with Crippen LogP contribution in [-0.4, -0.2) is 49.7 Å². The molecule has 0 saturated carbocycles. The van der Waals surface area contributed by atoms with E-state index in [2.05, 4.69) is 17.1 Å². The van der Waals surface area contributed by atoms with Crippen LogP contribution in [0.1, 0.15) is 20.8 Å². The van der Waals surface area contributed by atoms with Gasteiger partial charge >= 0.3 is 5.97 Å². The minimum atomic E-state index is -0.0799. The fourth-order valence-corrected chi connectivity index (χ4v) is 1.92. The summed E-state index contributed by atoms with van der Waals surface area (Å²) in [6, 6.07) is 0.521. The Hall–Kier alpha value is -0.610. The van der Waals surface area contributed by atoms with Gasteiger partial charge in [-0.2, -0.15) is 0 Å². The first-order valence-corrected chi connectivity index (χ1v) is 5.75. The Morgan fingerprint density at radius 3 is 3.00 bits per heavy atom. The molecule has 2 unspecified atom stereocenters. The van der Waals surface area contributed by atoms with Gasteiger partial charge in [0, 0.05) is 32.2 Å². The smallest absolute Gasteiger partial charge is 0.309 e. The first-order valence-electron chi connectivity index (χ1n) is 5.75. The van der Waals surface area contributed by atoms with Crippen LogP contribution in [0.2, 0.25) is 0 Å². The van der Waals surface area contributed by atoms with Crippen molar-refractivity contribution in [3.05, 3.63) is 0 Å². The number of hydrogen-bond acceptors (Lipinski definition) is 4. The van der Waals surface area contributed by atoms with Gasteiger partial charge < -0.3 is 10.1 Å². The van der Waals surface area contributed by atoms with Crippen molar-refractivity contribution in [2.24, 2.45) is 5.92 Å². The SMILES string of the molecule is CCOC(=O)C(C)CN1CCNC(C)C1. The maximum Gasteiger partial charge on any atom is 0.309 e. The van der Waals surface area contributed by atoms with E-state index in [1.165, 1.54) is 0 Å². The largest absolute Gasteiger partial charge is 0.466 e. The second-order valence-electron chi connectivity index (χ2n) is 4.27. The van der Waals surface area contributed by atoms with Crippen molar-refractivity contribution >= 4 is 5.97 Å². The molecule has 0 radical (unpaired) electrons. The predicted octanol–water partition coefficient (Wildman–Crippen LogP) is 0.479. The zero-order chi connectivity index (χ0) is 11.3. The minimum absolute atomic E-state index is 0.0183. The van der Waals surface area contributed by atoms with Gasteiger partial charge in [0.2, 0.25) is 0 Å². The van der Waals surface area contributed by atoms with Crippen LogP contribution in [0.5, 0.6) is 0 Å². The van der Waals surface area contributed by atoms with Crippen molar-refractivity contribution in [2.45, 2.75) is 26.8 Å². The normalized spacial score (nSPS) is 24.9. The molecular formula is C11H22N2O2. The molecule has 0 aromatic heterocycles. The van der Waals surface area contributed by atoms with Crippen LogP contribution in [0.15, 0.2) is 0 Å². The summed E-state index contributed by atoms with van der Waals surface area (Å²) in [7, 11) is 0. The van der Waals surface area contributed by atoms with Crippen LogP contribution in [0.4, 0.5) is 0 Å². The minimum Gasteiger partial charge on any atom is -0.466 e. The Kier molecular flexibility index (Phi) is 5.05. The molecule has 1 aliphatic heterocycles. The molecule has 1 fully saturated rings. The number of esters is 1. The third-order valence-corrected chi connectivity index (χ3v) is 2.67. The van der Waals surface area contributed by atoms with Crippen molar-refractivity contribution in [2.75, 3.05) is 32.8 Å². The predicted molar refractivity (Wildman–Crippen MR) is 59.7 cm³/mol. The van der Waals surface area contributed by atoms with Crippen molar-refractivity contribution in [3.8, 4) is 0 Å². The van der Waals surface area contributed by atoms with Gasteiger partial charge in [-0.05, 0) is 13.8 Å². The highest BCUT2D eigenvalue weighted by molar-refractivity contribution is 5.72. The molecule has 0 aromatic carbocycles. The molecule has 2 atom stereocenters. The number of carbonyl (C=O) groups is 1. The molecule has 0 spiro atoms. The number of rotatable bonds is 4. The fourth-order valence-electron chi connectivity index (χ4n) is 1.92. The first-order chi connectivity index (χ1) is 7.13. The van der Waals surface area contributed by atoms with E-state index in [0.29, 0.717) is 12.6 Å². The molecule has 15 heavy (non-hydrogen) atoms. The maximum absolute atomic E-state index is 11.4. The van der Waals surface area contributed by atoms with Gasteiger partial charge in [-0.1, -0.05) is 6.92 Å². The average Bonchev–Trinajstić information content (AvgIpc) is 2.18. The molecular weight excluding hydrogens is 192 g/mol. The highest BCUT2D eigenvalue weighted by atomic mass is 16.5. The summed E-state index contributed by atoms with van der Waals surface area (Å²) >= 11 is 0. The summed E-state index contributed by atoms with van der Waals surface area (Å²) in [5, 5.41) is 3.38. The van der Waals surface area contributed by atoms with Crippen LogP contribution >= 0.6 is 0 Å². The molecule has 4 nitrogen and oxygen atoms in total. The summed E-state index contributed by atoms with van der Waals surface area (Å²) in [5.74, 6) is -0.0982. The lowest BCUT2D eigenvalue weighted by Crippen LogP contribution is -2.50. The molecule has 1 N–H and O–H groups in total. The molecule has 0 bridgehead atoms. The van der Waals surface area contributed by atoms with E-state index in [0.717, 1.165) is 26.2 Å². The Morgan fingerprint density at radius 1 is 1.67 bits per heavy atom. The Morgan fingerprint density at radius 2 is 2.40 bits per heavy atom. The molecule has 1 aliphatic rings. The number of hydrogen-bond donors (Lipinski definition) is 1. The van der Waals surface area contributed by atoms with E-state index in [-0.39, 0.29) is 11.9 Å². The van der Waals surface area contributed by atoms with Gasteiger partial charge in [0.1, 0.15) is 0 Å². The lowest BCUT2D eigenvalue weighted by Gasteiger charge is -2.32. The molecule has 0 amide bonds. The molecule has 1 saturated heterocycles. The standard InChI is InChI=1S/C11H22N2O2/c1-4-15-11(14)9(2)7-13-6-5-12-10(3)8-13/h9-10,12H,4-8H2,1-3H3. The molecule has 1 rings (SSSR count). The van der Waals surface area contributed by atoms with Crippen LogP contribution in [0, 0.1) is 5.92 Å². The molecule has 0 aromatic rings.